The molecule has 7 nitrogen and oxygen atoms in total. The van der Waals surface area contributed by atoms with Crippen LogP contribution in [0, 0.1) is 5.21 Å². The average molecular weight is 461 g/mol. The third-order valence-electron chi connectivity index (χ3n) is 3.96. The highest BCUT2D eigenvalue weighted by Gasteiger charge is 2.51. The highest BCUT2D eigenvalue weighted by atomic mass is 35.5. The van der Waals surface area contributed by atoms with E-state index in [0.29, 0.717) is 0 Å². The molecule has 0 aliphatic heterocycles. The number of ether oxygens (including phenoxy) is 1. The molecule has 0 fully saturated rings. The summed E-state index contributed by atoms with van der Waals surface area (Å²) < 4.78 is 95.4. The molecule has 0 unspecified atom stereocenters. The van der Waals surface area contributed by atoms with Crippen molar-refractivity contribution in [2.75, 3.05) is 4.72 Å². The van der Waals surface area contributed by atoms with E-state index in [4.69, 9.17) is 16.3 Å². The highest BCUT2D eigenvalue weighted by molar-refractivity contribution is 7.93. The third-order valence-corrected chi connectivity index (χ3v) is 5.27. The molecule has 2 aromatic rings. The Morgan fingerprint density at radius 2 is 1.97 bits per heavy atom. The molecule has 0 bridgehead atoms. The van der Waals surface area contributed by atoms with Gasteiger partial charge in [-0.3, -0.25) is 4.72 Å². The minimum absolute atomic E-state index is 0.0472. The van der Waals surface area contributed by atoms with Gasteiger partial charge in [0, 0.05) is 23.6 Å². The molecule has 1 aromatic heterocycles. The van der Waals surface area contributed by atoms with Gasteiger partial charge in [0.05, 0.1) is 5.69 Å². The number of hydrogen-bond acceptors (Lipinski definition) is 5. The zero-order valence-corrected chi connectivity index (χ0v) is 15.4. The van der Waals surface area contributed by atoms with Crippen LogP contribution in [0.4, 0.5) is 27.6 Å². The Balaban J connectivity index is 2.09. The van der Waals surface area contributed by atoms with Gasteiger partial charge in [-0.15, -0.1) is 0 Å². The smallest absolute Gasteiger partial charge is 0.516 e. The van der Waals surface area contributed by atoms with Crippen molar-refractivity contribution in [2.24, 2.45) is 0 Å². The number of nitrogens with one attached hydrogen (secondary N) is 1. The summed E-state index contributed by atoms with van der Waals surface area (Å²) in [6.45, 7) is 0. The molecule has 0 radical (unpaired) electrons. The lowest BCUT2D eigenvalue weighted by atomic mass is 10.1. The van der Waals surface area contributed by atoms with Crippen molar-refractivity contribution >= 4 is 27.3 Å². The number of sulfonamides is 1. The normalized spacial score (nSPS) is 18.4. The molecule has 29 heavy (non-hydrogen) atoms. The van der Waals surface area contributed by atoms with E-state index in [1.165, 1.54) is 6.07 Å². The average Bonchev–Trinajstić information content (AvgIpc) is 2.78. The van der Waals surface area contributed by atoms with Gasteiger partial charge in [-0.25, -0.2) is 8.78 Å². The Labute approximate surface area is 164 Å². The summed E-state index contributed by atoms with van der Waals surface area (Å²) >= 11 is 5.70. The summed E-state index contributed by atoms with van der Waals surface area (Å²) in [5.74, 6) is -4.30. The number of halogens is 6. The summed E-state index contributed by atoms with van der Waals surface area (Å²) in [4.78, 5) is 0. The van der Waals surface area contributed by atoms with Gasteiger partial charge in [-0.05, 0) is 12.1 Å². The molecule has 0 amide bonds. The first-order valence-electron chi connectivity index (χ1n) is 7.59. The number of benzene rings is 1. The van der Waals surface area contributed by atoms with E-state index in [-0.39, 0.29) is 21.3 Å². The molecular weight excluding hydrogens is 451 g/mol. The third kappa shape index (κ3) is 4.02. The lowest BCUT2D eigenvalue weighted by Gasteiger charge is -2.18. The zero-order chi connectivity index (χ0) is 21.8. The van der Waals surface area contributed by atoms with Crippen LogP contribution in [0.5, 0.6) is 11.5 Å². The second-order valence-electron chi connectivity index (χ2n) is 6.05. The van der Waals surface area contributed by atoms with Crippen molar-refractivity contribution in [3.05, 3.63) is 51.9 Å². The Hall–Kier alpha value is -2.38. The van der Waals surface area contributed by atoms with Gasteiger partial charge in [0.2, 0.25) is 6.20 Å². The zero-order valence-electron chi connectivity index (χ0n) is 13.9. The maximum Gasteiger partial charge on any atom is 0.516 e. The number of aliphatic hydroxyl groups is 1. The number of aliphatic hydroxyl groups excluding tert-OH is 1. The van der Waals surface area contributed by atoms with Gasteiger partial charge in [0.1, 0.15) is 16.9 Å². The Kier molecular flexibility index (Phi) is 5.04. The summed E-state index contributed by atoms with van der Waals surface area (Å²) in [6.07, 6.45) is -1.84. The van der Waals surface area contributed by atoms with Crippen LogP contribution in [-0.2, 0) is 16.4 Å². The molecule has 3 rings (SSSR count). The monoisotopic (exact) mass is 460 g/mol. The predicted molar refractivity (Wildman–Crippen MR) is 89.1 cm³/mol. The topological polar surface area (TPSA) is 103 Å². The van der Waals surface area contributed by atoms with Crippen molar-refractivity contribution < 1.29 is 44.9 Å². The fourth-order valence-corrected chi connectivity index (χ4v) is 3.53. The first kappa shape index (κ1) is 21.3. The second kappa shape index (κ2) is 6.85. The highest BCUT2D eigenvalue weighted by Crippen LogP contribution is 2.50. The van der Waals surface area contributed by atoms with Gasteiger partial charge >= 0.3 is 15.5 Å². The van der Waals surface area contributed by atoms with E-state index in [1.54, 1.807) is 0 Å². The van der Waals surface area contributed by atoms with Crippen molar-refractivity contribution in [1.29, 1.82) is 0 Å². The number of alkyl halides is 5. The first-order chi connectivity index (χ1) is 13.2. The summed E-state index contributed by atoms with van der Waals surface area (Å²) in [5, 5.41) is 21.2. The van der Waals surface area contributed by atoms with E-state index < -0.39 is 50.8 Å². The summed E-state index contributed by atoms with van der Waals surface area (Å²) in [5.41, 5.74) is -7.78. The summed E-state index contributed by atoms with van der Waals surface area (Å²) in [7, 11) is -5.92. The molecule has 0 saturated heterocycles. The molecule has 14 heteroatoms. The number of anilines is 1. The quantitative estimate of drug-likeness (QED) is 0.414. The molecule has 0 saturated carbocycles. The van der Waals surface area contributed by atoms with E-state index >= 15 is 0 Å². The predicted octanol–water partition coefficient (Wildman–Crippen LogP) is 3.25. The largest absolute Gasteiger partial charge is 0.619 e. The molecule has 158 valence electrons. The van der Waals surface area contributed by atoms with Gasteiger partial charge in [0.15, 0.2) is 11.9 Å². The second-order valence-corrected chi connectivity index (χ2v) is 8.16. The van der Waals surface area contributed by atoms with Crippen LogP contribution in [0.15, 0.2) is 30.6 Å². The molecule has 1 heterocycles. The Bertz CT molecular complexity index is 1060. The molecule has 1 atom stereocenters. The Morgan fingerprint density at radius 1 is 1.31 bits per heavy atom. The molecule has 0 spiro atoms. The molecular formula is C15H10ClF5N2O5S. The Morgan fingerprint density at radius 3 is 2.55 bits per heavy atom. The standard InChI is InChI=1S/C15H10ClF5N2O5S/c16-7-3-8(6-23(25)5-7)28-11-2-1-10(22-29(26,27)15(19,20)21)12-9(11)4-14(17,18)13(12)24/h1-3,5-6,13,22,24H,4H2/t13-/m0/s1. The van der Waals surface area contributed by atoms with E-state index in [1.807, 2.05) is 0 Å². The van der Waals surface area contributed by atoms with Crippen LogP contribution in [0.25, 0.3) is 0 Å². The van der Waals surface area contributed by atoms with E-state index in [0.717, 1.165) is 29.2 Å². The van der Waals surface area contributed by atoms with Crippen molar-refractivity contribution in [3.63, 3.8) is 0 Å². The van der Waals surface area contributed by atoms with Gasteiger partial charge in [-0.2, -0.15) is 26.3 Å². The fourth-order valence-electron chi connectivity index (χ4n) is 2.75. The molecule has 1 aliphatic rings. The number of pyridine rings is 1. The number of aromatic nitrogens is 1. The van der Waals surface area contributed by atoms with E-state index in [9.17, 15) is 40.7 Å². The number of fused-ring (bicyclic) bond motifs is 1. The number of nitrogens with zero attached hydrogens (tertiary/aromatic N) is 1. The van der Waals surface area contributed by atoms with Crippen molar-refractivity contribution in [1.82, 2.24) is 0 Å². The minimum atomic E-state index is -5.92. The lowest BCUT2D eigenvalue weighted by Crippen LogP contribution is -2.30. The van der Waals surface area contributed by atoms with Crippen LogP contribution >= 0.6 is 11.6 Å². The van der Waals surface area contributed by atoms with Crippen molar-refractivity contribution in [2.45, 2.75) is 24.0 Å². The van der Waals surface area contributed by atoms with Crippen LogP contribution < -0.4 is 14.2 Å². The van der Waals surface area contributed by atoms with E-state index in [2.05, 4.69) is 0 Å². The summed E-state index contributed by atoms with van der Waals surface area (Å²) in [6, 6.07) is 2.83. The number of hydrogen-bond donors (Lipinski definition) is 2. The van der Waals surface area contributed by atoms with Crippen LogP contribution in [0.1, 0.15) is 17.2 Å². The van der Waals surface area contributed by atoms with Gasteiger partial charge < -0.3 is 15.1 Å². The minimum Gasteiger partial charge on any atom is -0.619 e. The van der Waals surface area contributed by atoms with Crippen molar-refractivity contribution in [3.8, 4) is 11.5 Å². The maximum atomic E-state index is 14.0. The first-order valence-corrected chi connectivity index (χ1v) is 9.45. The lowest BCUT2D eigenvalue weighted by molar-refractivity contribution is -0.605. The van der Waals surface area contributed by atoms with Gasteiger partial charge in [0.25, 0.3) is 5.92 Å². The molecule has 1 aliphatic carbocycles. The number of rotatable bonds is 4. The SMILES string of the molecule is O=S(=O)(Nc1ccc(Oc2cc(Cl)c[n+]([O-])c2)c2c1[C@H](O)C(F)(F)C2)C(F)(F)F. The fraction of sp³-hybridized carbons (Fsp3) is 0.267. The maximum absolute atomic E-state index is 14.0. The van der Waals surface area contributed by atoms with Crippen LogP contribution in [0.2, 0.25) is 5.02 Å². The molecule has 1 aromatic carbocycles. The van der Waals surface area contributed by atoms with Crippen LogP contribution in [-0.4, -0.2) is 25.0 Å². The van der Waals surface area contributed by atoms with Gasteiger partial charge in [-0.1, -0.05) is 11.6 Å². The molecule has 2 N–H and O–H groups in total. The van der Waals surface area contributed by atoms with Crippen LogP contribution in [0.3, 0.4) is 0 Å².